The highest BCUT2D eigenvalue weighted by atomic mass is 19.1. The van der Waals surface area contributed by atoms with Gasteiger partial charge in [0.2, 0.25) is 0 Å². The molecule has 0 aliphatic rings. The van der Waals surface area contributed by atoms with Crippen molar-refractivity contribution in [3.63, 3.8) is 0 Å². The van der Waals surface area contributed by atoms with Gasteiger partial charge in [-0.1, -0.05) is 18.2 Å². The molecule has 0 aliphatic heterocycles. The fourth-order valence-corrected chi connectivity index (χ4v) is 3.01. The van der Waals surface area contributed by atoms with Gasteiger partial charge in [-0.25, -0.2) is 4.39 Å². The summed E-state index contributed by atoms with van der Waals surface area (Å²) in [6.07, 6.45) is 1.69. The molecule has 0 saturated heterocycles. The Balaban J connectivity index is 1.97. The number of halogens is 1. The maximum atomic E-state index is 13.6. The van der Waals surface area contributed by atoms with Crippen LogP contribution in [0.15, 0.2) is 61.2 Å². The van der Waals surface area contributed by atoms with Gasteiger partial charge < -0.3 is 9.64 Å². The summed E-state index contributed by atoms with van der Waals surface area (Å²) in [5.41, 5.74) is 2.63. The van der Waals surface area contributed by atoms with E-state index in [1.54, 1.807) is 37.1 Å². The standard InChI is InChI=1S/C22H21FN2O2/c1-4-11-25(14-16-5-8-18(27-3)9-6-16)22(26)20-12-15(2)24-21-13-17(23)7-10-19(20)21/h4-10,12-13H,1,11,14H2,2-3H3. The van der Waals surface area contributed by atoms with Gasteiger partial charge in [-0.2, -0.15) is 0 Å². The SMILES string of the molecule is C=CCN(Cc1ccc(OC)cc1)C(=O)c1cc(C)nc2cc(F)ccc12. The number of hydrogen-bond acceptors (Lipinski definition) is 3. The van der Waals surface area contributed by atoms with E-state index < -0.39 is 0 Å². The van der Waals surface area contributed by atoms with Crippen molar-refractivity contribution in [1.82, 2.24) is 9.88 Å². The molecular formula is C22H21FN2O2. The number of fused-ring (bicyclic) bond motifs is 1. The average Bonchev–Trinajstić information content (AvgIpc) is 2.66. The Kier molecular flexibility index (Phi) is 5.50. The molecule has 0 bridgehead atoms. The maximum absolute atomic E-state index is 13.6. The van der Waals surface area contributed by atoms with Gasteiger partial charge in [-0.05, 0) is 42.8 Å². The Morgan fingerprint density at radius 2 is 1.96 bits per heavy atom. The number of aromatic nitrogens is 1. The lowest BCUT2D eigenvalue weighted by Crippen LogP contribution is -2.31. The summed E-state index contributed by atoms with van der Waals surface area (Å²) in [4.78, 5) is 19.3. The molecule has 1 amide bonds. The van der Waals surface area contributed by atoms with Gasteiger partial charge in [-0.15, -0.1) is 6.58 Å². The highest BCUT2D eigenvalue weighted by molar-refractivity contribution is 6.06. The van der Waals surface area contributed by atoms with Crippen LogP contribution in [0.4, 0.5) is 4.39 Å². The molecule has 3 aromatic rings. The van der Waals surface area contributed by atoms with Crippen molar-refractivity contribution in [3.05, 3.63) is 83.8 Å². The molecule has 0 radical (unpaired) electrons. The van der Waals surface area contributed by atoms with E-state index in [9.17, 15) is 9.18 Å². The predicted molar refractivity (Wildman–Crippen MR) is 104 cm³/mol. The molecule has 1 aromatic heterocycles. The molecule has 27 heavy (non-hydrogen) atoms. The van der Waals surface area contributed by atoms with Gasteiger partial charge in [0, 0.05) is 30.2 Å². The molecule has 138 valence electrons. The largest absolute Gasteiger partial charge is 0.497 e. The second-order valence-corrected chi connectivity index (χ2v) is 6.30. The van der Waals surface area contributed by atoms with Gasteiger partial charge in [-0.3, -0.25) is 9.78 Å². The summed E-state index contributed by atoms with van der Waals surface area (Å²) in [7, 11) is 1.61. The zero-order valence-corrected chi connectivity index (χ0v) is 15.4. The number of carbonyl (C=O) groups is 1. The molecule has 3 rings (SSSR count). The van der Waals surface area contributed by atoms with E-state index in [1.165, 1.54) is 12.1 Å². The predicted octanol–water partition coefficient (Wildman–Crippen LogP) is 4.52. The molecular weight excluding hydrogens is 343 g/mol. The Hall–Kier alpha value is -3.21. The molecule has 0 N–H and O–H groups in total. The second kappa shape index (κ2) is 7.99. The number of aryl methyl sites for hydroxylation is 1. The third kappa shape index (κ3) is 4.14. The number of nitrogens with zero attached hydrogens (tertiary/aromatic N) is 2. The summed E-state index contributed by atoms with van der Waals surface area (Å²) in [6, 6.07) is 13.6. The Morgan fingerprint density at radius 1 is 1.22 bits per heavy atom. The smallest absolute Gasteiger partial charge is 0.255 e. The van der Waals surface area contributed by atoms with Gasteiger partial charge in [0.15, 0.2) is 0 Å². The van der Waals surface area contributed by atoms with Crippen molar-refractivity contribution >= 4 is 16.8 Å². The van der Waals surface area contributed by atoms with E-state index in [1.807, 2.05) is 24.3 Å². The fraction of sp³-hybridized carbons (Fsp3) is 0.182. The van der Waals surface area contributed by atoms with Crippen molar-refractivity contribution in [2.24, 2.45) is 0 Å². The van der Waals surface area contributed by atoms with Gasteiger partial charge >= 0.3 is 0 Å². The molecule has 5 heteroatoms. The lowest BCUT2D eigenvalue weighted by atomic mass is 10.1. The van der Waals surface area contributed by atoms with Crippen LogP contribution in [0, 0.1) is 12.7 Å². The molecule has 2 aromatic carbocycles. The van der Waals surface area contributed by atoms with Crippen molar-refractivity contribution in [2.75, 3.05) is 13.7 Å². The van der Waals surface area contributed by atoms with E-state index in [2.05, 4.69) is 11.6 Å². The van der Waals surface area contributed by atoms with Crippen LogP contribution < -0.4 is 4.74 Å². The molecule has 1 heterocycles. The first-order chi connectivity index (χ1) is 13.0. The quantitative estimate of drug-likeness (QED) is 0.604. The Morgan fingerprint density at radius 3 is 2.63 bits per heavy atom. The number of carbonyl (C=O) groups excluding carboxylic acids is 1. The molecule has 4 nitrogen and oxygen atoms in total. The highest BCUT2D eigenvalue weighted by Crippen LogP contribution is 2.22. The first-order valence-electron chi connectivity index (χ1n) is 8.62. The normalized spacial score (nSPS) is 10.6. The molecule has 0 saturated carbocycles. The molecule has 0 unspecified atom stereocenters. The summed E-state index contributed by atoms with van der Waals surface area (Å²) >= 11 is 0. The van der Waals surface area contributed by atoms with Crippen LogP contribution in [0.3, 0.4) is 0 Å². The Labute approximate surface area is 157 Å². The van der Waals surface area contributed by atoms with Gasteiger partial charge in [0.25, 0.3) is 5.91 Å². The van der Waals surface area contributed by atoms with Crippen molar-refractivity contribution in [3.8, 4) is 5.75 Å². The third-order valence-corrected chi connectivity index (χ3v) is 4.30. The molecule has 0 spiro atoms. The van der Waals surface area contributed by atoms with Crippen molar-refractivity contribution < 1.29 is 13.9 Å². The van der Waals surface area contributed by atoms with Crippen LogP contribution in [0.5, 0.6) is 5.75 Å². The maximum Gasteiger partial charge on any atom is 0.255 e. The van der Waals surface area contributed by atoms with Gasteiger partial charge in [0.05, 0.1) is 18.2 Å². The number of benzene rings is 2. The monoisotopic (exact) mass is 364 g/mol. The summed E-state index contributed by atoms with van der Waals surface area (Å²) in [5, 5.41) is 0.635. The number of ether oxygens (including phenoxy) is 1. The lowest BCUT2D eigenvalue weighted by molar-refractivity contribution is 0.0764. The van der Waals surface area contributed by atoms with Crippen LogP contribution in [0.1, 0.15) is 21.6 Å². The number of pyridine rings is 1. The van der Waals surface area contributed by atoms with Crippen LogP contribution in [0.2, 0.25) is 0 Å². The topological polar surface area (TPSA) is 42.4 Å². The zero-order valence-electron chi connectivity index (χ0n) is 15.4. The minimum Gasteiger partial charge on any atom is -0.497 e. The van der Waals surface area contributed by atoms with Crippen LogP contribution >= 0.6 is 0 Å². The first-order valence-corrected chi connectivity index (χ1v) is 8.62. The minimum atomic E-state index is -0.375. The summed E-state index contributed by atoms with van der Waals surface area (Å²) in [6.45, 7) is 6.38. The highest BCUT2D eigenvalue weighted by Gasteiger charge is 2.19. The zero-order chi connectivity index (χ0) is 19.4. The van der Waals surface area contributed by atoms with Crippen molar-refractivity contribution in [1.29, 1.82) is 0 Å². The van der Waals surface area contributed by atoms with E-state index in [4.69, 9.17) is 4.74 Å². The summed E-state index contributed by atoms with van der Waals surface area (Å²) in [5.74, 6) is 0.242. The van der Waals surface area contributed by atoms with Crippen LogP contribution in [-0.4, -0.2) is 29.4 Å². The number of methoxy groups -OCH3 is 1. The number of hydrogen-bond donors (Lipinski definition) is 0. The molecule has 0 fully saturated rings. The van der Waals surface area contributed by atoms with Crippen LogP contribution in [-0.2, 0) is 6.54 Å². The van der Waals surface area contributed by atoms with E-state index >= 15 is 0 Å². The van der Waals surface area contributed by atoms with E-state index in [0.29, 0.717) is 35.2 Å². The van der Waals surface area contributed by atoms with E-state index in [-0.39, 0.29) is 11.7 Å². The molecule has 0 atom stereocenters. The van der Waals surface area contributed by atoms with Crippen LogP contribution in [0.25, 0.3) is 10.9 Å². The number of rotatable bonds is 6. The lowest BCUT2D eigenvalue weighted by Gasteiger charge is -2.22. The first kappa shape index (κ1) is 18.6. The minimum absolute atomic E-state index is 0.146. The summed E-state index contributed by atoms with van der Waals surface area (Å²) < 4.78 is 18.7. The van der Waals surface area contributed by atoms with Crippen molar-refractivity contribution in [2.45, 2.75) is 13.5 Å². The van der Waals surface area contributed by atoms with Gasteiger partial charge in [0.1, 0.15) is 11.6 Å². The molecule has 0 aliphatic carbocycles. The third-order valence-electron chi connectivity index (χ3n) is 4.30. The van der Waals surface area contributed by atoms with E-state index in [0.717, 1.165) is 11.3 Å². The average molecular weight is 364 g/mol. The number of amides is 1. The Bertz CT molecular complexity index is 978. The second-order valence-electron chi connectivity index (χ2n) is 6.30. The fourth-order valence-electron chi connectivity index (χ4n) is 3.01.